The first-order valence-corrected chi connectivity index (χ1v) is 9.39. The number of hydrogen-bond donors (Lipinski definition) is 1. The molecule has 1 fully saturated rings. The number of hydrogen-bond acceptors (Lipinski definition) is 4. The van der Waals surface area contributed by atoms with Gasteiger partial charge in [-0.3, -0.25) is 4.72 Å². The monoisotopic (exact) mass is 361 g/mol. The fraction of sp³-hybridized carbons (Fsp3) is 0.600. The van der Waals surface area contributed by atoms with Gasteiger partial charge in [-0.2, -0.15) is 0 Å². The van der Waals surface area contributed by atoms with Crippen molar-refractivity contribution in [2.24, 2.45) is 0 Å². The van der Waals surface area contributed by atoms with Gasteiger partial charge in [-0.1, -0.05) is 6.92 Å². The quantitative estimate of drug-likeness (QED) is 0.819. The maximum atomic E-state index is 14.7. The Balaban J connectivity index is 2.40. The van der Waals surface area contributed by atoms with Crippen molar-refractivity contribution >= 4 is 28.3 Å². The van der Waals surface area contributed by atoms with Gasteiger partial charge in [0.05, 0.1) is 22.6 Å². The molecule has 0 saturated carbocycles. The molecule has 1 heterocycles. The van der Waals surface area contributed by atoms with Crippen molar-refractivity contribution in [3.05, 3.63) is 23.8 Å². The first-order valence-electron chi connectivity index (χ1n) is 7.73. The molecule has 1 aromatic rings. The predicted molar refractivity (Wildman–Crippen MR) is 89.8 cm³/mol. The van der Waals surface area contributed by atoms with Crippen LogP contribution < -0.4 is 10.2 Å². The lowest BCUT2D eigenvalue weighted by Gasteiger charge is -2.32. The Labute approximate surface area is 141 Å². The van der Waals surface area contributed by atoms with Crippen LogP contribution in [0.2, 0.25) is 0 Å². The summed E-state index contributed by atoms with van der Waals surface area (Å²) < 4.78 is 65.8. The van der Waals surface area contributed by atoms with Crippen molar-refractivity contribution in [3.8, 4) is 0 Å². The first kappa shape index (κ1) is 19.1. The van der Waals surface area contributed by atoms with Crippen molar-refractivity contribution in [2.45, 2.75) is 52.2 Å². The van der Waals surface area contributed by atoms with Crippen LogP contribution in [0, 0.1) is 11.6 Å². The Kier molecular flexibility index (Phi) is 5.00. The van der Waals surface area contributed by atoms with E-state index in [2.05, 4.69) is 4.72 Å². The molecule has 0 amide bonds. The zero-order valence-corrected chi connectivity index (χ0v) is 15.3. The zero-order valence-electron chi connectivity index (χ0n) is 14.4. The van der Waals surface area contributed by atoms with Gasteiger partial charge in [0.25, 0.3) is 0 Å². The molecule has 134 valence electrons. The van der Waals surface area contributed by atoms with E-state index in [0.717, 1.165) is 12.1 Å². The average molecular weight is 361 g/mol. The molecule has 0 spiro atoms. The van der Waals surface area contributed by atoms with E-state index in [-0.39, 0.29) is 11.2 Å². The second-order valence-corrected chi connectivity index (χ2v) is 8.71. The third kappa shape index (κ3) is 3.73. The van der Waals surface area contributed by atoms with Gasteiger partial charge in [0.2, 0.25) is 10.0 Å². The van der Waals surface area contributed by atoms with Crippen LogP contribution in [0.4, 0.5) is 14.5 Å². The van der Waals surface area contributed by atoms with Gasteiger partial charge in [-0.15, -0.1) is 0 Å². The molecule has 0 aliphatic carbocycles. The molecule has 0 radical (unpaired) electrons. The van der Waals surface area contributed by atoms with Crippen molar-refractivity contribution in [1.29, 1.82) is 0 Å². The number of halogens is 2. The minimum Gasteiger partial charge on any atom is -0.399 e. The lowest BCUT2D eigenvalue weighted by atomic mass is 9.78. The lowest BCUT2D eigenvalue weighted by molar-refractivity contribution is 0.00578. The Bertz CT molecular complexity index is 721. The molecule has 0 aromatic heterocycles. The fourth-order valence-corrected chi connectivity index (χ4v) is 3.44. The van der Waals surface area contributed by atoms with Gasteiger partial charge in [-0.25, -0.2) is 17.2 Å². The number of sulfonamides is 1. The summed E-state index contributed by atoms with van der Waals surface area (Å²) in [5.74, 6) is -1.88. The highest BCUT2D eigenvalue weighted by molar-refractivity contribution is 7.92. The normalized spacial score (nSPS) is 19.5. The van der Waals surface area contributed by atoms with E-state index < -0.39 is 45.7 Å². The summed E-state index contributed by atoms with van der Waals surface area (Å²) in [7, 11) is -4.87. The number of benzene rings is 1. The minimum atomic E-state index is -3.75. The van der Waals surface area contributed by atoms with Crippen LogP contribution in [0.1, 0.15) is 41.0 Å². The Morgan fingerprint density at radius 3 is 2.17 bits per heavy atom. The van der Waals surface area contributed by atoms with Gasteiger partial charge in [0.1, 0.15) is 11.6 Å². The van der Waals surface area contributed by atoms with E-state index in [0.29, 0.717) is 6.42 Å². The second-order valence-electron chi connectivity index (χ2n) is 6.87. The Morgan fingerprint density at radius 1 is 1.12 bits per heavy atom. The topological polar surface area (TPSA) is 64.6 Å². The molecular weight excluding hydrogens is 339 g/mol. The first-order chi connectivity index (χ1) is 10.9. The number of rotatable bonds is 5. The molecule has 0 unspecified atom stereocenters. The highest BCUT2D eigenvalue weighted by Crippen LogP contribution is 2.37. The molecule has 1 aliphatic heterocycles. The largest absolute Gasteiger partial charge is 0.498 e. The third-order valence-corrected chi connectivity index (χ3v) is 5.79. The van der Waals surface area contributed by atoms with Gasteiger partial charge in [0.15, 0.2) is 0 Å². The molecular formula is C15H22BF2NO4S. The molecule has 0 atom stereocenters. The molecule has 0 bridgehead atoms. The van der Waals surface area contributed by atoms with Crippen molar-refractivity contribution in [1.82, 2.24) is 0 Å². The molecule has 1 aliphatic rings. The summed E-state index contributed by atoms with van der Waals surface area (Å²) in [5, 5.41) is 0. The van der Waals surface area contributed by atoms with Crippen LogP contribution in [0.5, 0.6) is 0 Å². The summed E-state index contributed by atoms with van der Waals surface area (Å²) in [6.45, 7) is 8.82. The fourth-order valence-electron chi connectivity index (χ4n) is 2.31. The zero-order chi connectivity index (χ0) is 18.3. The minimum absolute atomic E-state index is 0.178. The Hall–Kier alpha value is -1.19. The Morgan fingerprint density at radius 2 is 1.67 bits per heavy atom. The van der Waals surface area contributed by atoms with Crippen molar-refractivity contribution in [3.63, 3.8) is 0 Å². The summed E-state index contributed by atoms with van der Waals surface area (Å²) in [6, 6.07) is 1.76. The van der Waals surface area contributed by atoms with Gasteiger partial charge < -0.3 is 9.31 Å². The van der Waals surface area contributed by atoms with E-state index in [9.17, 15) is 17.2 Å². The second kappa shape index (κ2) is 6.27. The summed E-state index contributed by atoms with van der Waals surface area (Å²) in [5.41, 5.74) is -2.08. The van der Waals surface area contributed by atoms with Crippen LogP contribution in [0.15, 0.2) is 12.1 Å². The van der Waals surface area contributed by atoms with E-state index in [1.165, 1.54) is 0 Å². The SMILES string of the molecule is CCCS(=O)(=O)Nc1cc(F)cc(B2OC(C)(C)C(C)(C)O2)c1F. The predicted octanol–water partition coefficient (Wildman–Crippen LogP) is 2.42. The molecule has 1 saturated heterocycles. The molecule has 1 aromatic carbocycles. The molecule has 9 heteroatoms. The van der Waals surface area contributed by atoms with Crippen LogP contribution >= 0.6 is 0 Å². The van der Waals surface area contributed by atoms with E-state index >= 15 is 0 Å². The third-order valence-electron chi connectivity index (χ3n) is 4.31. The van der Waals surface area contributed by atoms with Crippen LogP contribution in [-0.2, 0) is 19.3 Å². The van der Waals surface area contributed by atoms with Gasteiger partial charge in [0, 0.05) is 11.5 Å². The average Bonchev–Trinajstić information content (AvgIpc) is 2.61. The summed E-state index contributed by atoms with van der Waals surface area (Å²) in [4.78, 5) is 0. The summed E-state index contributed by atoms with van der Waals surface area (Å²) >= 11 is 0. The number of anilines is 1. The van der Waals surface area contributed by atoms with E-state index in [1.54, 1.807) is 34.6 Å². The molecule has 5 nitrogen and oxygen atoms in total. The van der Waals surface area contributed by atoms with Gasteiger partial charge in [-0.05, 0) is 40.2 Å². The van der Waals surface area contributed by atoms with Crippen molar-refractivity contribution in [2.75, 3.05) is 10.5 Å². The maximum absolute atomic E-state index is 14.7. The van der Waals surface area contributed by atoms with E-state index in [1.807, 2.05) is 0 Å². The standard InChI is InChI=1S/C15H22BF2NO4S/c1-6-7-24(20,21)19-12-9-10(17)8-11(13(12)18)16-22-14(2,3)15(4,5)23-16/h8-9,19H,6-7H2,1-5H3. The smallest absolute Gasteiger partial charge is 0.399 e. The molecule has 2 rings (SSSR count). The van der Waals surface area contributed by atoms with Crippen LogP contribution in [0.25, 0.3) is 0 Å². The van der Waals surface area contributed by atoms with Gasteiger partial charge >= 0.3 is 7.12 Å². The van der Waals surface area contributed by atoms with Crippen LogP contribution in [-0.4, -0.2) is 32.5 Å². The van der Waals surface area contributed by atoms with E-state index in [4.69, 9.17) is 9.31 Å². The molecule has 1 N–H and O–H groups in total. The maximum Gasteiger partial charge on any atom is 0.498 e. The highest BCUT2D eigenvalue weighted by atomic mass is 32.2. The molecule has 24 heavy (non-hydrogen) atoms. The van der Waals surface area contributed by atoms with Crippen molar-refractivity contribution < 1.29 is 26.5 Å². The van der Waals surface area contributed by atoms with Crippen LogP contribution in [0.3, 0.4) is 0 Å². The highest BCUT2D eigenvalue weighted by Gasteiger charge is 2.52. The lowest BCUT2D eigenvalue weighted by Crippen LogP contribution is -2.41. The summed E-state index contributed by atoms with van der Waals surface area (Å²) in [6.07, 6.45) is 0.357. The number of nitrogens with one attached hydrogen (secondary N) is 1.